The lowest BCUT2D eigenvalue weighted by Crippen LogP contribution is -2.31. The van der Waals surface area contributed by atoms with Gasteiger partial charge in [0.05, 0.1) is 6.54 Å². The lowest BCUT2D eigenvalue weighted by molar-refractivity contribution is -0.120. The monoisotopic (exact) mass is 307 g/mol. The van der Waals surface area contributed by atoms with Crippen molar-refractivity contribution in [3.05, 3.63) is 35.4 Å². The van der Waals surface area contributed by atoms with Crippen LogP contribution in [0, 0.1) is 0 Å². The van der Waals surface area contributed by atoms with Gasteiger partial charge in [0.1, 0.15) is 0 Å². The van der Waals surface area contributed by atoms with Crippen LogP contribution in [0.4, 0.5) is 0 Å². The summed E-state index contributed by atoms with van der Waals surface area (Å²) in [5, 5.41) is 5.69. The van der Waals surface area contributed by atoms with Crippen molar-refractivity contribution in [3.8, 4) is 0 Å². The zero-order valence-electron chi connectivity index (χ0n) is 11.6. The third kappa shape index (κ3) is 8.83. The molecular weight excluding hydrogens is 285 g/mol. The van der Waals surface area contributed by atoms with Gasteiger partial charge < -0.3 is 15.5 Å². The molecule has 19 heavy (non-hydrogen) atoms. The molecule has 1 aromatic carbocycles. The standard InChI is InChI=1S/C13H21N3O.2ClH/c1-14-9-13(17)15-8-11-5-4-6-12(7-11)10-16(2)3;;/h4-7,14H,8-10H2,1-3H3,(H,15,17);2*1H. The molecule has 1 amide bonds. The Bertz CT molecular complexity index is 373. The van der Waals surface area contributed by atoms with Crippen molar-refractivity contribution in [2.75, 3.05) is 27.7 Å². The van der Waals surface area contributed by atoms with Crippen LogP contribution in [0.5, 0.6) is 0 Å². The maximum atomic E-state index is 11.3. The molecule has 0 heterocycles. The first-order chi connectivity index (χ1) is 8.11. The van der Waals surface area contributed by atoms with Crippen LogP contribution in [0.3, 0.4) is 0 Å². The van der Waals surface area contributed by atoms with E-state index in [0.717, 1.165) is 12.1 Å². The molecule has 0 aromatic heterocycles. The van der Waals surface area contributed by atoms with Crippen molar-refractivity contribution < 1.29 is 4.79 Å². The minimum absolute atomic E-state index is 0. The van der Waals surface area contributed by atoms with Crippen LogP contribution in [-0.2, 0) is 17.9 Å². The number of halogens is 2. The number of rotatable bonds is 6. The van der Waals surface area contributed by atoms with Crippen molar-refractivity contribution in [3.63, 3.8) is 0 Å². The van der Waals surface area contributed by atoms with Crippen LogP contribution in [0.15, 0.2) is 24.3 Å². The van der Waals surface area contributed by atoms with Gasteiger partial charge in [-0.05, 0) is 32.3 Å². The lowest BCUT2D eigenvalue weighted by atomic mass is 10.1. The molecule has 0 bridgehead atoms. The van der Waals surface area contributed by atoms with E-state index in [9.17, 15) is 4.79 Å². The molecule has 1 aromatic rings. The molecule has 0 aliphatic heterocycles. The summed E-state index contributed by atoms with van der Waals surface area (Å²) in [7, 11) is 5.85. The topological polar surface area (TPSA) is 44.4 Å². The van der Waals surface area contributed by atoms with Gasteiger partial charge in [0.25, 0.3) is 0 Å². The van der Waals surface area contributed by atoms with E-state index in [4.69, 9.17) is 0 Å². The van der Waals surface area contributed by atoms with Crippen molar-refractivity contribution in [2.24, 2.45) is 0 Å². The quantitative estimate of drug-likeness (QED) is 0.835. The highest BCUT2D eigenvalue weighted by molar-refractivity contribution is 5.85. The van der Waals surface area contributed by atoms with E-state index in [-0.39, 0.29) is 30.7 Å². The summed E-state index contributed by atoms with van der Waals surface area (Å²) in [4.78, 5) is 13.4. The van der Waals surface area contributed by atoms with E-state index in [1.807, 2.05) is 26.2 Å². The highest BCUT2D eigenvalue weighted by Gasteiger charge is 2.01. The van der Waals surface area contributed by atoms with Crippen LogP contribution in [-0.4, -0.2) is 38.5 Å². The Morgan fingerprint density at radius 1 is 1.21 bits per heavy atom. The van der Waals surface area contributed by atoms with Crippen LogP contribution in [0.25, 0.3) is 0 Å². The average molecular weight is 308 g/mol. The molecule has 110 valence electrons. The van der Waals surface area contributed by atoms with E-state index in [1.165, 1.54) is 5.56 Å². The molecule has 0 saturated heterocycles. The number of nitrogens with one attached hydrogen (secondary N) is 2. The number of benzene rings is 1. The molecule has 2 N–H and O–H groups in total. The Morgan fingerprint density at radius 3 is 2.42 bits per heavy atom. The Balaban J connectivity index is 0. The lowest BCUT2D eigenvalue weighted by Gasteiger charge is -2.11. The normalized spacial score (nSPS) is 9.47. The van der Waals surface area contributed by atoms with Gasteiger partial charge in [-0.2, -0.15) is 0 Å². The predicted molar refractivity (Wildman–Crippen MR) is 84.1 cm³/mol. The number of likely N-dealkylation sites (N-methyl/N-ethyl adjacent to an activating group) is 1. The third-order valence-corrected chi connectivity index (χ3v) is 2.32. The van der Waals surface area contributed by atoms with Gasteiger partial charge in [-0.15, -0.1) is 24.8 Å². The Labute approximate surface area is 127 Å². The fourth-order valence-corrected chi connectivity index (χ4v) is 1.63. The zero-order chi connectivity index (χ0) is 12.7. The fourth-order valence-electron chi connectivity index (χ4n) is 1.63. The summed E-state index contributed by atoms with van der Waals surface area (Å²) < 4.78 is 0. The maximum Gasteiger partial charge on any atom is 0.234 e. The number of nitrogens with zero attached hydrogens (tertiary/aromatic N) is 1. The first-order valence-corrected chi connectivity index (χ1v) is 5.75. The molecule has 0 fully saturated rings. The number of hydrogen-bond donors (Lipinski definition) is 2. The average Bonchev–Trinajstić information content (AvgIpc) is 2.26. The zero-order valence-corrected chi connectivity index (χ0v) is 13.2. The van der Waals surface area contributed by atoms with Crippen LogP contribution >= 0.6 is 24.8 Å². The van der Waals surface area contributed by atoms with Crippen LogP contribution in [0.1, 0.15) is 11.1 Å². The van der Waals surface area contributed by atoms with Gasteiger partial charge in [0, 0.05) is 13.1 Å². The van der Waals surface area contributed by atoms with Gasteiger partial charge in [-0.3, -0.25) is 4.79 Å². The Kier molecular flexibility index (Phi) is 11.9. The summed E-state index contributed by atoms with van der Waals surface area (Å²) in [5.41, 5.74) is 2.39. The second kappa shape index (κ2) is 11.1. The summed E-state index contributed by atoms with van der Waals surface area (Å²) in [6, 6.07) is 8.27. The van der Waals surface area contributed by atoms with Gasteiger partial charge in [-0.1, -0.05) is 24.3 Å². The van der Waals surface area contributed by atoms with E-state index in [2.05, 4.69) is 27.7 Å². The first-order valence-electron chi connectivity index (χ1n) is 5.75. The smallest absolute Gasteiger partial charge is 0.234 e. The predicted octanol–water partition coefficient (Wildman–Crippen LogP) is 1.43. The van der Waals surface area contributed by atoms with Crippen LogP contribution < -0.4 is 10.6 Å². The van der Waals surface area contributed by atoms with Gasteiger partial charge >= 0.3 is 0 Å². The van der Waals surface area contributed by atoms with E-state index < -0.39 is 0 Å². The number of hydrogen-bond acceptors (Lipinski definition) is 3. The first kappa shape index (κ1) is 20.5. The van der Waals surface area contributed by atoms with Crippen molar-refractivity contribution in [2.45, 2.75) is 13.1 Å². The molecule has 0 unspecified atom stereocenters. The summed E-state index contributed by atoms with van der Waals surface area (Å²) in [6.45, 7) is 1.86. The van der Waals surface area contributed by atoms with Gasteiger partial charge in [0.2, 0.25) is 5.91 Å². The Hall–Kier alpha value is -0.810. The van der Waals surface area contributed by atoms with Crippen molar-refractivity contribution >= 4 is 30.7 Å². The van der Waals surface area contributed by atoms with E-state index in [0.29, 0.717) is 13.1 Å². The van der Waals surface area contributed by atoms with E-state index in [1.54, 1.807) is 7.05 Å². The van der Waals surface area contributed by atoms with Gasteiger partial charge in [-0.25, -0.2) is 0 Å². The molecule has 0 atom stereocenters. The molecular formula is C13H23Cl2N3O. The molecule has 0 aliphatic carbocycles. The van der Waals surface area contributed by atoms with Crippen molar-refractivity contribution in [1.82, 2.24) is 15.5 Å². The molecule has 0 aliphatic rings. The summed E-state index contributed by atoms with van der Waals surface area (Å²) in [5.74, 6) is 0.0190. The largest absolute Gasteiger partial charge is 0.351 e. The van der Waals surface area contributed by atoms with E-state index >= 15 is 0 Å². The Morgan fingerprint density at radius 2 is 1.84 bits per heavy atom. The molecule has 4 nitrogen and oxygen atoms in total. The molecule has 0 saturated carbocycles. The van der Waals surface area contributed by atoms with Crippen molar-refractivity contribution in [1.29, 1.82) is 0 Å². The second-order valence-electron chi connectivity index (χ2n) is 4.36. The van der Waals surface area contributed by atoms with Crippen LogP contribution in [0.2, 0.25) is 0 Å². The minimum Gasteiger partial charge on any atom is -0.351 e. The highest BCUT2D eigenvalue weighted by atomic mass is 35.5. The molecule has 0 spiro atoms. The summed E-state index contributed by atoms with van der Waals surface area (Å²) >= 11 is 0. The molecule has 6 heteroatoms. The third-order valence-electron chi connectivity index (χ3n) is 2.32. The molecule has 0 radical (unpaired) electrons. The molecule has 1 rings (SSSR count). The SMILES string of the molecule is CNCC(=O)NCc1cccc(CN(C)C)c1.Cl.Cl. The maximum absolute atomic E-state index is 11.3. The second-order valence-corrected chi connectivity index (χ2v) is 4.36. The summed E-state index contributed by atoms with van der Waals surface area (Å²) in [6.07, 6.45) is 0. The fraction of sp³-hybridized carbons (Fsp3) is 0.462. The number of amides is 1. The highest BCUT2D eigenvalue weighted by Crippen LogP contribution is 2.06. The minimum atomic E-state index is 0. The number of carbonyl (C=O) groups is 1. The van der Waals surface area contributed by atoms with Gasteiger partial charge in [0.15, 0.2) is 0 Å². The number of carbonyl (C=O) groups excluding carboxylic acids is 1.